The number of aryl methyl sites for hydroxylation is 1. The minimum Gasteiger partial charge on any atom is -0.478 e. The second kappa shape index (κ2) is 5.29. The maximum Gasteiger partial charge on any atom is 0.327 e. The summed E-state index contributed by atoms with van der Waals surface area (Å²) < 4.78 is 1.76. The standard InChI is InChI=1S/C10H15N3O2/c1-3-13-7-9(11-12-13)8(2)5-4-6-10(14)15/h4,6-8H,3,5H2,1-2H3,(H,14,15). The zero-order valence-corrected chi connectivity index (χ0v) is 8.92. The summed E-state index contributed by atoms with van der Waals surface area (Å²) in [5.74, 6) is -0.722. The van der Waals surface area contributed by atoms with Crippen LogP contribution in [0.4, 0.5) is 0 Å². The number of aliphatic carboxylic acids is 1. The molecule has 0 spiro atoms. The average molecular weight is 209 g/mol. The van der Waals surface area contributed by atoms with Gasteiger partial charge in [-0.05, 0) is 13.3 Å². The fourth-order valence-electron chi connectivity index (χ4n) is 1.19. The van der Waals surface area contributed by atoms with Crippen LogP contribution in [0.3, 0.4) is 0 Å². The molecule has 15 heavy (non-hydrogen) atoms. The van der Waals surface area contributed by atoms with Crippen molar-refractivity contribution in [2.24, 2.45) is 0 Å². The molecule has 0 bridgehead atoms. The lowest BCUT2D eigenvalue weighted by molar-refractivity contribution is -0.131. The van der Waals surface area contributed by atoms with Crippen LogP contribution in [0.2, 0.25) is 0 Å². The first-order valence-corrected chi connectivity index (χ1v) is 4.93. The second-order valence-corrected chi connectivity index (χ2v) is 3.38. The van der Waals surface area contributed by atoms with E-state index in [1.807, 2.05) is 20.0 Å². The van der Waals surface area contributed by atoms with E-state index in [0.717, 1.165) is 18.3 Å². The fraction of sp³-hybridized carbons (Fsp3) is 0.500. The van der Waals surface area contributed by atoms with Crippen LogP contribution in [-0.4, -0.2) is 26.1 Å². The summed E-state index contributed by atoms with van der Waals surface area (Å²) in [4.78, 5) is 10.2. The molecule has 5 heteroatoms. The van der Waals surface area contributed by atoms with E-state index in [2.05, 4.69) is 10.3 Å². The maximum atomic E-state index is 10.2. The summed E-state index contributed by atoms with van der Waals surface area (Å²) in [6.07, 6.45) is 5.34. The van der Waals surface area contributed by atoms with Gasteiger partial charge in [0.05, 0.1) is 5.69 Å². The number of aromatic nitrogens is 3. The number of allylic oxidation sites excluding steroid dienone is 1. The minimum absolute atomic E-state index is 0.195. The largest absolute Gasteiger partial charge is 0.478 e. The highest BCUT2D eigenvalue weighted by atomic mass is 16.4. The third-order valence-electron chi connectivity index (χ3n) is 2.14. The molecule has 1 rings (SSSR count). The molecule has 0 saturated heterocycles. The van der Waals surface area contributed by atoms with Gasteiger partial charge in [0.2, 0.25) is 0 Å². The van der Waals surface area contributed by atoms with Gasteiger partial charge < -0.3 is 5.11 Å². The van der Waals surface area contributed by atoms with E-state index in [1.165, 1.54) is 0 Å². The molecule has 0 aliphatic rings. The molecule has 1 aromatic heterocycles. The first-order chi connectivity index (χ1) is 7.13. The highest BCUT2D eigenvalue weighted by Gasteiger charge is 2.07. The van der Waals surface area contributed by atoms with Gasteiger partial charge in [0, 0.05) is 24.7 Å². The van der Waals surface area contributed by atoms with E-state index in [0.29, 0.717) is 6.42 Å². The van der Waals surface area contributed by atoms with Gasteiger partial charge in [0.25, 0.3) is 0 Å². The van der Waals surface area contributed by atoms with Gasteiger partial charge in [-0.1, -0.05) is 18.2 Å². The van der Waals surface area contributed by atoms with Crippen LogP contribution in [0.25, 0.3) is 0 Å². The van der Waals surface area contributed by atoms with Gasteiger partial charge in [0.15, 0.2) is 0 Å². The Kier molecular flexibility index (Phi) is 4.03. The predicted molar refractivity (Wildman–Crippen MR) is 55.5 cm³/mol. The van der Waals surface area contributed by atoms with Crippen molar-refractivity contribution in [3.8, 4) is 0 Å². The molecular weight excluding hydrogens is 194 g/mol. The van der Waals surface area contributed by atoms with Crippen LogP contribution in [0.15, 0.2) is 18.3 Å². The van der Waals surface area contributed by atoms with Gasteiger partial charge in [0.1, 0.15) is 0 Å². The molecule has 1 N–H and O–H groups in total. The van der Waals surface area contributed by atoms with E-state index in [1.54, 1.807) is 10.8 Å². The lowest BCUT2D eigenvalue weighted by Crippen LogP contribution is -1.94. The Hall–Kier alpha value is -1.65. The minimum atomic E-state index is -0.917. The van der Waals surface area contributed by atoms with E-state index >= 15 is 0 Å². The first kappa shape index (κ1) is 11.4. The molecule has 0 aromatic carbocycles. The zero-order chi connectivity index (χ0) is 11.3. The Bertz CT molecular complexity index is 357. The summed E-state index contributed by atoms with van der Waals surface area (Å²) in [5.41, 5.74) is 0.895. The van der Waals surface area contributed by atoms with E-state index in [9.17, 15) is 4.79 Å². The third-order valence-corrected chi connectivity index (χ3v) is 2.14. The van der Waals surface area contributed by atoms with Gasteiger partial charge in [-0.2, -0.15) is 0 Å². The molecule has 0 saturated carbocycles. The summed E-state index contributed by atoms with van der Waals surface area (Å²) in [7, 11) is 0. The van der Waals surface area contributed by atoms with E-state index in [4.69, 9.17) is 5.11 Å². The van der Waals surface area contributed by atoms with E-state index < -0.39 is 5.97 Å². The van der Waals surface area contributed by atoms with Crippen LogP contribution >= 0.6 is 0 Å². The monoisotopic (exact) mass is 209 g/mol. The molecule has 0 radical (unpaired) electrons. The molecule has 0 fully saturated rings. The Labute approximate surface area is 88.4 Å². The molecule has 1 aromatic rings. The van der Waals surface area contributed by atoms with Crippen LogP contribution in [0.5, 0.6) is 0 Å². The molecule has 5 nitrogen and oxygen atoms in total. The Morgan fingerprint density at radius 3 is 3.00 bits per heavy atom. The quantitative estimate of drug-likeness (QED) is 0.745. The lowest BCUT2D eigenvalue weighted by Gasteiger charge is -2.02. The van der Waals surface area contributed by atoms with Crippen LogP contribution in [-0.2, 0) is 11.3 Å². The van der Waals surface area contributed by atoms with Gasteiger partial charge in [-0.15, -0.1) is 5.10 Å². The summed E-state index contributed by atoms with van der Waals surface area (Å²) >= 11 is 0. The Morgan fingerprint density at radius 1 is 1.73 bits per heavy atom. The van der Waals surface area contributed by atoms with Gasteiger partial charge in [-0.25, -0.2) is 4.79 Å². The third kappa shape index (κ3) is 3.53. The number of carboxylic acid groups (broad SMARTS) is 1. The van der Waals surface area contributed by atoms with Crippen molar-refractivity contribution >= 4 is 5.97 Å². The highest BCUT2D eigenvalue weighted by Crippen LogP contribution is 2.16. The average Bonchev–Trinajstić information content (AvgIpc) is 2.65. The number of rotatable bonds is 5. The van der Waals surface area contributed by atoms with Crippen molar-refractivity contribution in [1.82, 2.24) is 15.0 Å². The smallest absolute Gasteiger partial charge is 0.327 e. The number of carbonyl (C=O) groups is 1. The van der Waals surface area contributed by atoms with Crippen molar-refractivity contribution in [1.29, 1.82) is 0 Å². The fourth-order valence-corrected chi connectivity index (χ4v) is 1.19. The van der Waals surface area contributed by atoms with Crippen LogP contribution in [0, 0.1) is 0 Å². The second-order valence-electron chi connectivity index (χ2n) is 3.38. The number of nitrogens with zero attached hydrogens (tertiary/aromatic N) is 3. The maximum absolute atomic E-state index is 10.2. The molecule has 1 atom stereocenters. The predicted octanol–water partition coefficient (Wildman–Crippen LogP) is 1.43. The number of hydrogen-bond donors (Lipinski definition) is 1. The number of carboxylic acids is 1. The van der Waals surface area contributed by atoms with Gasteiger partial charge >= 0.3 is 5.97 Å². The number of hydrogen-bond acceptors (Lipinski definition) is 3. The Morgan fingerprint density at radius 2 is 2.47 bits per heavy atom. The molecule has 0 aliphatic carbocycles. The van der Waals surface area contributed by atoms with Crippen molar-refractivity contribution in [2.45, 2.75) is 32.7 Å². The molecule has 1 heterocycles. The SMILES string of the molecule is CCn1cc(C(C)CC=CC(=O)O)nn1. The van der Waals surface area contributed by atoms with Crippen molar-refractivity contribution in [3.05, 3.63) is 24.0 Å². The molecule has 82 valence electrons. The lowest BCUT2D eigenvalue weighted by atomic mass is 10.0. The summed E-state index contributed by atoms with van der Waals surface area (Å²) in [6, 6.07) is 0. The van der Waals surface area contributed by atoms with E-state index in [-0.39, 0.29) is 5.92 Å². The zero-order valence-electron chi connectivity index (χ0n) is 8.92. The first-order valence-electron chi connectivity index (χ1n) is 4.93. The van der Waals surface area contributed by atoms with Crippen molar-refractivity contribution < 1.29 is 9.90 Å². The highest BCUT2D eigenvalue weighted by molar-refractivity contribution is 5.79. The van der Waals surface area contributed by atoms with Gasteiger partial charge in [-0.3, -0.25) is 4.68 Å². The molecular formula is C10H15N3O2. The van der Waals surface area contributed by atoms with Crippen molar-refractivity contribution in [3.63, 3.8) is 0 Å². The summed E-state index contributed by atoms with van der Waals surface area (Å²) in [6.45, 7) is 4.79. The normalized spacial score (nSPS) is 13.2. The van der Waals surface area contributed by atoms with Crippen LogP contribution < -0.4 is 0 Å². The van der Waals surface area contributed by atoms with Crippen LogP contribution in [0.1, 0.15) is 31.9 Å². The molecule has 1 unspecified atom stereocenters. The topological polar surface area (TPSA) is 68.0 Å². The Balaban J connectivity index is 2.53. The van der Waals surface area contributed by atoms with Crippen molar-refractivity contribution in [2.75, 3.05) is 0 Å². The molecule has 0 aliphatic heterocycles. The molecule has 0 amide bonds. The summed E-state index contributed by atoms with van der Waals surface area (Å²) in [5, 5.41) is 16.4.